The minimum atomic E-state index is -0.463. The van der Waals surface area contributed by atoms with E-state index in [0.717, 1.165) is 17.1 Å². The molecule has 0 saturated carbocycles. The van der Waals surface area contributed by atoms with Crippen molar-refractivity contribution in [2.75, 3.05) is 4.90 Å². The van der Waals surface area contributed by atoms with E-state index in [-0.39, 0.29) is 0 Å². The summed E-state index contributed by atoms with van der Waals surface area (Å²) in [6.07, 6.45) is 0. The Hall–Kier alpha value is -7.74. The quantitative estimate of drug-likeness (QED) is 0.149. The zero-order valence-corrected chi connectivity index (χ0v) is 33.1. The number of nitrogens with zero attached hydrogens (tertiary/aromatic N) is 1. The van der Waals surface area contributed by atoms with Crippen LogP contribution in [0.25, 0.3) is 55.3 Å². The van der Waals surface area contributed by atoms with Gasteiger partial charge in [0.05, 0.1) is 11.1 Å². The number of hydrogen-bond acceptors (Lipinski definition) is 1. The van der Waals surface area contributed by atoms with Crippen LogP contribution in [0.2, 0.25) is 0 Å². The van der Waals surface area contributed by atoms with Crippen molar-refractivity contribution in [3.05, 3.63) is 271 Å². The van der Waals surface area contributed by atoms with Gasteiger partial charge in [0.1, 0.15) is 0 Å². The van der Waals surface area contributed by atoms with E-state index in [0.29, 0.717) is 0 Å². The minimum absolute atomic E-state index is 0.463. The first-order chi connectivity index (χ1) is 29.8. The van der Waals surface area contributed by atoms with Crippen molar-refractivity contribution in [1.82, 2.24) is 0 Å². The van der Waals surface area contributed by atoms with Gasteiger partial charge in [-0.05, 0) is 109 Å². The molecule has 1 nitrogen and oxygen atoms in total. The van der Waals surface area contributed by atoms with Crippen LogP contribution in [-0.2, 0) is 5.41 Å². The van der Waals surface area contributed by atoms with E-state index in [1.165, 1.54) is 77.5 Å². The van der Waals surface area contributed by atoms with Gasteiger partial charge in [-0.1, -0.05) is 212 Å². The summed E-state index contributed by atoms with van der Waals surface area (Å²) in [5, 5.41) is 2.40. The van der Waals surface area contributed by atoms with Crippen molar-refractivity contribution in [1.29, 1.82) is 0 Å². The van der Waals surface area contributed by atoms with E-state index in [1.807, 2.05) is 0 Å². The highest BCUT2D eigenvalue weighted by Crippen LogP contribution is 2.57. The predicted octanol–water partition coefficient (Wildman–Crippen LogP) is 15.7. The second-order valence-corrected chi connectivity index (χ2v) is 15.6. The summed E-state index contributed by atoms with van der Waals surface area (Å²) >= 11 is 0. The van der Waals surface area contributed by atoms with Crippen LogP contribution in [0, 0.1) is 0 Å². The van der Waals surface area contributed by atoms with Crippen molar-refractivity contribution in [3.63, 3.8) is 0 Å². The average molecular weight is 764 g/mol. The van der Waals surface area contributed by atoms with Crippen LogP contribution < -0.4 is 4.90 Å². The first-order valence-corrected chi connectivity index (χ1v) is 20.8. The third kappa shape index (κ3) is 5.86. The lowest BCUT2D eigenvalue weighted by atomic mass is 9.67. The van der Waals surface area contributed by atoms with Gasteiger partial charge in [-0.15, -0.1) is 0 Å². The van der Waals surface area contributed by atoms with Gasteiger partial charge in [0.25, 0.3) is 0 Å². The van der Waals surface area contributed by atoms with Gasteiger partial charge in [-0.3, -0.25) is 0 Å². The maximum Gasteiger partial charge on any atom is 0.0713 e. The van der Waals surface area contributed by atoms with E-state index < -0.39 is 5.41 Å². The number of rotatable bonds is 8. The van der Waals surface area contributed by atoms with Gasteiger partial charge in [0.2, 0.25) is 0 Å². The number of hydrogen-bond donors (Lipinski definition) is 0. The summed E-state index contributed by atoms with van der Waals surface area (Å²) in [5.41, 5.74) is 17.8. The van der Waals surface area contributed by atoms with Crippen LogP contribution in [0.5, 0.6) is 0 Å². The molecule has 0 N–H and O–H groups in total. The molecule has 0 amide bonds. The van der Waals surface area contributed by atoms with Crippen LogP contribution in [0.4, 0.5) is 17.1 Å². The molecule has 0 radical (unpaired) electrons. The standard InChI is InChI=1S/C59H41N/c1-5-17-42(18-6-1)44-29-34-49(35-30-44)60(50-36-31-45(32-37-50)43-19-7-2-8-20-43)58-40-39-51(52-25-13-14-27-55(52)58)46-33-38-54-53-26-15-16-28-56(53)59(57(54)41-46,47-21-9-3-10-22-47)48-23-11-4-12-24-48/h1-41H. The van der Waals surface area contributed by atoms with E-state index >= 15 is 0 Å². The largest absolute Gasteiger partial charge is 0.310 e. The molecule has 10 aromatic rings. The molecule has 0 bridgehead atoms. The third-order valence-electron chi connectivity index (χ3n) is 12.4. The predicted molar refractivity (Wildman–Crippen MR) is 252 cm³/mol. The topological polar surface area (TPSA) is 3.24 Å². The molecule has 0 heterocycles. The maximum absolute atomic E-state index is 2.47. The van der Waals surface area contributed by atoms with Gasteiger partial charge < -0.3 is 4.90 Å². The Morgan fingerprint density at radius 3 is 1.25 bits per heavy atom. The lowest BCUT2D eigenvalue weighted by Gasteiger charge is -2.34. The van der Waals surface area contributed by atoms with Crippen LogP contribution in [-0.4, -0.2) is 0 Å². The highest BCUT2D eigenvalue weighted by molar-refractivity contribution is 6.07. The first-order valence-electron chi connectivity index (χ1n) is 20.8. The van der Waals surface area contributed by atoms with Crippen LogP contribution in [0.15, 0.2) is 249 Å². The SMILES string of the molecule is c1ccc(-c2ccc(N(c3ccc(-c4ccccc4)cc3)c3ccc(-c4ccc5c(c4)C(c4ccccc4)(c4ccccc4)c4ccccc4-5)c4ccccc34)cc2)cc1. The molecule has 282 valence electrons. The molecular formula is C59H41N. The zero-order valence-electron chi connectivity index (χ0n) is 33.1. The fourth-order valence-corrected chi connectivity index (χ4v) is 9.64. The fraction of sp³-hybridized carbons (Fsp3) is 0.0169. The van der Waals surface area contributed by atoms with Crippen molar-refractivity contribution in [3.8, 4) is 44.5 Å². The Labute approximate surface area is 352 Å². The van der Waals surface area contributed by atoms with Crippen molar-refractivity contribution < 1.29 is 0 Å². The Morgan fingerprint density at radius 1 is 0.267 bits per heavy atom. The molecule has 0 spiro atoms. The van der Waals surface area contributed by atoms with Crippen molar-refractivity contribution in [2.24, 2.45) is 0 Å². The summed E-state index contributed by atoms with van der Waals surface area (Å²) in [6, 6.07) is 90.9. The van der Waals surface area contributed by atoms with Crippen LogP contribution in [0.1, 0.15) is 22.3 Å². The molecule has 0 aromatic heterocycles. The monoisotopic (exact) mass is 763 g/mol. The number of anilines is 3. The summed E-state index contributed by atoms with van der Waals surface area (Å²) in [6.45, 7) is 0. The van der Waals surface area contributed by atoms with E-state index in [1.54, 1.807) is 0 Å². The lowest BCUT2D eigenvalue weighted by molar-refractivity contribution is 0.769. The fourth-order valence-electron chi connectivity index (χ4n) is 9.64. The molecule has 11 rings (SSSR count). The number of fused-ring (bicyclic) bond motifs is 4. The van der Waals surface area contributed by atoms with Gasteiger partial charge >= 0.3 is 0 Å². The number of benzene rings is 10. The lowest BCUT2D eigenvalue weighted by Crippen LogP contribution is -2.28. The first kappa shape index (κ1) is 35.4. The van der Waals surface area contributed by atoms with Gasteiger partial charge in [-0.25, -0.2) is 0 Å². The summed E-state index contributed by atoms with van der Waals surface area (Å²) in [5.74, 6) is 0. The third-order valence-corrected chi connectivity index (χ3v) is 12.4. The minimum Gasteiger partial charge on any atom is -0.310 e. The van der Waals surface area contributed by atoms with E-state index in [2.05, 4.69) is 254 Å². The molecule has 1 heteroatoms. The molecule has 0 aliphatic heterocycles. The highest BCUT2D eigenvalue weighted by Gasteiger charge is 2.46. The molecule has 0 atom stereocenters. The molecule has 1 aliphatic carbocycles. The van der Waals surface area contributed by atoms with Crippen molar-refractivity contribution in [2.45, 2.75) is 5.41 Å². The molecule has 0 fully saturated rings. The maximum atomic E-state index is 2.47. The molecule has 60 heavy (non-hydrogen) atoms. The molecule has 0 saturated heterocycles. The summed E-state index contributed by atoms with van der Waals surface area (Å²) in [7, 11) is 0. The second-order valence-electron chi connectivity index (χ2n) is 15.6. The Balaban J connectivity index is 1.09. The van der Waals surface area contributed by atoms with E-state index in [4.69, 9.17) is 0 Å². The molecular weight excluding hydrogens is 723 g/mol. The van der Waals surface area contributed by atoms with Gasteiger partial charge in [-0.2, -0.15) is 0 Å². The smallest absolute Gasteiger partial charge is 0.0713 e. The zero-order chi connectivity index (χ0) is 39.9. The Morgan fingerprint density at radius 2 is 0.683 bits per heavy atom. The Kier molecular flexibility index (Phi) is 8.79. The molecule has 1 aliphatic rings. The second kappa shape index (κ2) is 14.9. The summed E-state index contributed by atoms with van der Waals surface area (Å²) < 4.78 is 0. The molecule has 0 unspecified atom stereocenters. The van der Waals surface area contributed by atoms with Crippen LogP contribution >= 0.6 is 0 Å². The van der Waals surface area contributed by atoms with Gasteiger partial charge in [0, 0.05) is 16.8 Å². The Bertz CT molecular complexity index is 2980. The van der Waals surface area contributed by atoms with Gasteiger partial charge in [0.15, 0.2) is 0 Å². The van der Waals surface area contributed by atoms with E-state index in [9.17, 15) is 0 Å². The van der Waals surface area contributed by atoms with Crippen molar-refractivity contribution >= 4 is 27.8 Å². The highest BCUT2D eigenvalue weighted by atomic mass is 15.1. The molecule has 10 aromatic carbocycles. The average Bonchev–Trinajstić information content (AvgIpc) is 3.63. The van der Waals surface area contributed by atoms with Crippen LogP contribution in [0.3, 0.4) is 0 Å². The normalized spacial score (nSPS) is 12.5. The summed E-state index contributed by atoms with van der Waals surface area (Å²) in [4.78, 5) is 2.41.